The van der Waals surface area contributed by atoms with Crippen molar-refractivity contribution in [2.75, 3.05) is 0 Å². The van der Waals surface area contributed by atoms with Gasteiger partial charge in [-0.25, -0.2) is 0 Å². The molecule has 0 N–H and O–H groups in total. The first-order valence-electron chi connectivity index (χ1n) is 16.9. The SMILES string of the molecule is CC(=O)C1(C(C)=O)CC2=Cc3ccc(C)cc3[C@@H]3C=CC[C@H]1[C@H]23.CC(=O)C1(C(C)=O)CC2=Cc3ccc(C)cc3[C@H]3C=CC[C@@H]1[C@@H]23. The fraction of sp³-hybridized carbons (Fsp3) is 0.429. The molecule has 0 radical (unpaired) electrons. The van der Waals surface area contributed by atoms with E-state index in [-0.39, 0.29) is 35.0 Å². The highest BCUT2D eigenvalue weighted by molar-refractivity contribution is 6.07. The summed E-state index contributed by atoms with van der Waals surface area (Å²) in [6.45, 7) is 10.6. The van der Waals surface area contributed by atoms with Gasteiger partial charge in [-0.3, -0.25) is 19.2 Å². The Labute approximate surface area is 272 Å². The van der Waals surface area contributed by atoms with Crippen LogP contribution in [0, 0.1) is 48.3 Å². The quantitative estimate of drug-likeness (QED) is 0.257. The van der Waals surface area contributed by atoms with Crippen LogP contribution in [0.1, 0.15) is 98.6 Å². The van der Waals surface area contributed by atoms with Gasteiger partial charge in [-0.15, -0.1) is 0 Å². The maximum Gasteiger partial charge on any atom is 0.143 e. The zero-order chi connectivity index (χ0) is 32.7. The van der Waals surface area contributed by atoms with Gasteiger partial charge in [0.1, 0.15) is 23.1 Å². The lowest BCUT2D eigenvalue weighted by Gasteiger charge is -2.39. The van der Waals surface area contributed by atoms with Gasteiger partial charge in [0.15, 0.2) is 0 Å². The first-order valence-corrected chi connectivity index (χ1v) is 16.9. The Balaban J connectivity index is 0.000000147. The molecule has 4 nitrogen and oxygen atoms in total. The zero-order valence-corrected chi connectivity index (χ0v) is 27.9. The number of carbonyl (C=O) groups excluding carboxylic acids is 4. The van der Waals surface area contributed by atoms with Crippen LogP contribution in [0.4, 0.5) is 0 Å². The number of aryl methyl sites for hydroxylation is 2. The van der Waals surface area contributed by atoms with Crippen molar-refractivity contribution in [3.8, 4) is 0 Å². The van der Waals surface area contributed by atoms with Gasteiger partial charge in [0, 0.05) is 11.8 Å². The van der Waals surface area contributed by atoms with Crippen LogP contribution in [0.15, 0.2) is 71.8 Å². The molecule has 2 fully saturated rings. The van der Waals surface area contributed by atoms with Crippen molar-refractivity contribution < 1.29 is 19.2 Å². The van der Waals surface area contributed by atoms with E-state index in [1.165, 1.54) is 44.5 Å². The third kappa shape index (κ3) is 4.25. The maximum absolute atomic E-state index is 12.5. The predicted octanol–water partition coefficient (Wildman–Crippen LogP) is 8.47. The van der Waals surface area contributed by atoms with Crippen LogP contribution in [0.25, 0.3) is 12.2 Å². The summed E-state index contributed by atoms with van der Waals surface area (Å²) in [4.78, 5) is 50.0. The number of fused-ring (bicyclic) bond motifs is 4. The lowest BCUT2D eigenvalue weighted by atomic mass is 9.63. The Morgan fingerprint density at radius 3 is 1.30 bits per heavy atom. The Kier molecular flexibility index (Phi) is 7.23. The van der Waals surface area contributed by atoms with Crippen molar-refractivity contribution in [3.63, 3.8) is 0 Å². The van der Waals surface area contributed by atoms with E-state index in [4.69, 9.17) is 0 Å². The van der Waals surface area contributed by atoms with E-state index >= 15 is 0 Å². The normalized spacial score (nSPS) is 29.5. The molecule has 236 valence electrons. The lowest BCUT2D eigenvalue weighted by Crippen LogP contribution is -2.42. The first-order chi connectivity index (χ1) is 21.9. The highest BCUT2D eigenvalue weighted by Gasteiger charge is 2.60. The zero-order valence-electron chi connectivity index (χ0n) is 27.9. The van der Waals surface area contributed by atoms with Crippen LogP contribution in [0.2, 0.25) is 0 Å². The Morgan fingerprint density at radius 1 is 0.587 bits per heavy atom. The number of Topliss-reactive ketones (excluding diaryl/α,β-unsaturated/α-hetero) is 4. The van der Waals surface area contributed by atoms with Crippen molar-refractivity contribution in [1.82, 2.24) is 0 Å². The van der Waals surface area contributed by atoms with E-state index in [2.05, 4.69) is 86.7 Å². The third-order valence-corrected chi connectivity index (χ3v) is 12.6. The van der Waals surface area contributed by atoms with Crippen molar-refractivity contribution in [3.05, 3.63) is 105 Å². The number of ketones is 4. The van der Waals surface area contributed by atoms with Gasteiger partial charge in [-0.2, -0.15) is 0 Å². The summed E-state index contributed by atoms with van der Waals surface area (Å²) in [5.74, 6) is 1.64. The molecule has 0 unspecified atom stereocenters. The van der Waals surface area contributed by atoms with Gasteiger partial charge in [-0.1, -0.05) is 95.1 Å². The average Bonchev–Trinajstić information content (AvgIpc) is 3.55. The van der Waals surface area contributed by atoms with Crippen LogP contribution in [-0.2, 0) is 19.2 Å². The molecule has 0 saturated heterocycles. The number of hydrogen-bond acceptors (Lipinski definition) is 4. The summed E-state index contributed by atoms with van der Waals surface area (Å²) < 4.78 is 0. The van der Waals surface area contributed by atoms with E-state index in [1.807, 2.05) is 0 Å². The van der Waals surface area contributed by atoms with Crippen LogP contribution in [-0.4, -0.2) is 23.1 Å². The molecule has 0 bridgehead atoms. The number of hydrogen-bond donors (Lipinski definition) is 0. The van der Waals surface area contributed by atoms with Crippen molar-refractivity contribution >= 4 is 35.3 Å². The molecule has 6 aliphatic rings. The smallest absolute Gasteiger partial charge is 0.143 e. The Morgan fingerprint density at radius 2 is 0.957 bits per heavy atom. The first kappa shape index (κ1) is 30.7. The van der Waals surface area contributed by atoms with Crippen LogP contribution in [0.5, 0.6) is 0 Å². The van der Waals surface area contributed by atoms with Crippen molar-refractivity contribution in [2.24, 2.45) is 34.5 Å². The van der Waals surface area contributed by atoms with Gasteiger partial charge in [0.25, 0.3) is 0 Å². The Hall–Kier alpha value is -3.92. The molecule has 0 heterocycles. The average molecular weight is 613 g/mol. The maximum atomic E-state index is 12.5. The molecule has 2 aromatic carbocycles. The number of rotatable bonds is 4. The number of benzene rings is 2. The van der Waals surface area contributed by atoms with E-state index in [0.29, 0.717) is 36.5 Å². The largest absolute Gasteiger partial charge is 0.299 e. The van der Waals surface area contributed by atoms with Crippen LogP contribution >= 0.6 is 0 Å². The van der Waals surface area contributed by atoms with Crippen LogP contribution in [0.3, 0.4) is 0 Å². The summed E-state index contributed by atoms with van der Waals surface area (Å²) in [7, 11) is 0. The summed E-state index contributed by atoms with van der Waals surface area (Å²) in [5, 5.41) is 0. The minimum absolute atomic E-state index is 0.0413. The molecule has 0 spiro atoms. The number of allylic oxidation sites excluding steroid dienone is 6. The molecule has 0 aromatic heterocycles. The minimum Gasteiger partial charge on any atom is -0.299 e. The highest BCUT2D eigenvalue weighted by atomic mass is 16.2. The summed E-state index contributed by atoms with van der Waals surface area (Å²) in [6.07, 6.45) is 16.3. The molecule has 6 aliphatic carbocycles. The molecule has 46 heavy (non-hydrogen) atoms. The monoisotopic (exact) mass is 612 g/mol. The van der Waals surface area contributed by atoms with Gasteiger partial charge < -0.3 is 0 Å². The Bertz CT molecular complexity index is 1670. The topological polar surface area (TPSA) is 68.3 Å². The fourth-order valence-electron chi connectivity index (χ4n) is 10.5. The van der Waals surface area contributed by atoms with E-state index in [1.54, 1.807) is 27.7 Å². The van der Waals surface area contributed by atoms with Crippen molar-refractivity contribution in [2.45, 2.75) is 79.1 Å². The summed E-state index contributed by atoms with van der Waals surface area (Å²) >= 11 is 0. The standard InChI is InChI=1S/2C21H22O2/c2*1-12-7-8-15-10-16-11-21(13(2)22,14(3)23)19-6-4-5-17(20(16)19)18(15)9-12/h2*4-5,7-10,17,19-20H,6,11H2,1-3H3/t2*17-,19-,20+/m10/s1. The van der Waals surface area contributed by atoms with E-state index in [9.17, 15) is 19.2 Å². The molecule has 0 aliphatic heterocycles. The molecule has 0 amide bonds. The molecule has 2 saturated carbocycles. The number of carbonyl (C=O) groups is 4. The molecule has 6 atom stereocenters. The van der Waals surface area contributed by atoms with E-state index < -0.39 is 10.8 Å². The lowest BCUT2D eigenvalue weighted by molar-refractivity contribution is -0.143. The highest BCUT2D eigenvalue weighted by Crippen LogP contribution is 2.63. The summed E-state index contributed by atoms with van der Waals surface area (Å²) in [5.41, 5.74) is 8.70. The molecule has 8 rings (SSSR count). The van der Waals surface area contributed by atoms with Gasteiger partial charge in [0.05, 0.1) is 10.8 Å². The molecule has 4 heteroatoms. The predicted molar refractivity (Wildman–Crippen MR) is 182 cm³/mol. The molecular weight excluding hydrogens is 568 g/mol. The molecular formula is C42H44O4. The van der Waals surface area contributed by atoms with Gasteiger partial charge in [0.2, 0.25) is 0 Å². The van der Waals surface area contributed by atoms with Gasteiger partial charge in [-0.05, 0) is 113 Å². The second kappa shape index (κ2) is 10.8. The van der Waals surface area contributed by atoms with Gasteiger partial charge >= 0.3 is 0 Å². The molecule has 2 aromatic rings. The second-order valence-corrected chi connectivity index (χ2v) is 14.9. The third-order valence-electron chi connectivity index (χ3n) is 12.6. The van der Waals surface area contributed by atoms with Crippen LogP contribution < -0.4 is 0 Å². The fourth-order valence-corrected chi connectivity index (χ4v) is 10.5. The van der Waals surface area contributed by atoms with E-state index in [0.717, 1.165) is 12.8 Å². The summed E-state index contributed by atoms with van der Waals surface area (Å²) in [6, 6.07) is 13.2. The minimum atomic E-state index is -0.809. The van der Waals surface area contributed by atoms with Crippen molar-refractivity contribution in [1.29, 1.82) is 0 Å². The second-order valence-electron chi connectivity index (χ2n) is 14.9.